The lowest BCUT2D eigenvalue weighted by Gasteiger charge is -2.05. The van der Waals surface area contributed by atoms with Gasteiger partial charge in [-0.3, -0.25) is 4.79 Å². The van der Waals surface area contributed by atoms with E-state index < -0.39 is 5.91 Å². The Morgan fingerprint density at radius 2 is 1.55 bits per heavy atom. The normalized spacial score (nSPS) is 9.40. The van der Waals surface area contributed by atoms with Crippen LogP contribution in [0.4, 0.5) is 5.69 Å². The van der Waals surface area contributed by atoms with Crippen molar-refractivity contribution in [3.8, 4) is 23.3 Å². The minimum atomic E-state index is -0.430. The maximum absolute atomic E-state index is 10.6. The van der Waals surface area contributed by atoms with Gasteiger partial charge in [0.2, 0.25) is 5.91 Å². The summed E-state index contributed by atoms with van der Waals surface area (Å²) in [5.74, 6) is 6.54. The third-order valence-electron chi connectivity index (χ3n) is 2.47. The summed E-state index contributed by atoms with van der Waals surface area (Å²) in [5.41, 5.74) is 12.1. The Kier molecular flexibility index (Phi) is 4.25. The minimum absolute atomic E-state index is 0.0592. The number of nitrogen functional groups attached to an aromatic ring is 1. The van der Waals surface area contributed by atoms with Crippen molar-refractivity contribution >= 4 is 11.6 Å². The molecule has 0 heterocycles. The maximum atomic E-state index is 10.6. The SMILES string of the molecule is NC(=O)CC#Cc1ccc(Oc2ccc(N)cc2)cc1. The zero-order valence-electron chi connectivity index (χ0n) is 10.8. The van der Waals surface area contributed by atoms with E-state index in [-0.39, 0.29) is 6.42 Å². The van der Waals surface area contributed by atoms with Crippen molar-refractivity contribution in [3.63, 3.8) is 0 Å². The van der Waals surface area contributed by atoms with E-state index in [0.29, 0.717) is 17.2 Å². The zero-order valence-corrected chi connectivity index (χ0v) is 10.8. The predicted octanol–water partition coefficient (Wildman–Crippen LogP) is 2.29. The Labute approximate surface area is 117 Å². The molecule has 0 aliphatic carbocycles. The summed E-state index contributed by atoms with van der Waals surface area (Å²) in [6.07, 6.45) is 0.0592. The first-order chi connectivity index (χ1) is 9.63. The van der Waals surface area contributed by atoms with Crippen LogP contribution in [0.5, 0.6) is 11.5 Å². The standard InChI is InChI=1S/C16H14N2O2/c17-13-6-10-15(11-7-13)20-14-8-4-12(5-9-14)2-1-3-16(18)19/h4-11H,3,17H2,(H2,18,19). The molecule has 0 bridgehead atoms. The zero-order chi connectivity index (χ0) is 14.4. The van der Waals surface area contributed by atoms with E-state index in [1.165, 1.54) is 0 Å². The van der Waals surface area contributed by atoms with Crippen LogP contribution < -0.4 is 16.2 Å². The number of hydrogen-bond acceptors (Lipinski definition) is 3. The topological polar surface area (TPSA) is 78.3 Å². The van der Waals surface area contributed by atoms with Crippen LogP contribution in [0.15, 0.2) is 48.5 Å². The highest BCUT2D eigenvalue weighted by molar-refractivity contribution is 5.76. The van der Waals surface area contributed by atoms with E-state index in [0.717, 1.165) is 5.56 Å². The van der Waals surface area contributed by atoms with Crippen molar-refractivity contribution in [1.82, 2.24) is 0 Å². The Bertz CT molecular complexity index is 650. The summed E-state index contributed by atoms with van der Waals surface area (Å²) >= 11 is 0. The first kappa shape index (κ1) is 13.5. The van der Waals surface area contributed by atoms with E-state index in [2.05, 4.69) is 11.8 Å². The van der Waals surface area contributed by atoms with Gasteiger partial charge < -0.3 is 16.2 Å². The second-order valence-electron chi connectivity index (χ2n) is 4.14. The summed E-state index contributed by atoms with van der Waals surface area (Å²) in [4.78, 5) is 10.6. The lowest BCUT2D eigenvalue weighted by atomic mass is 10.2. The largest absolute Gasteiger partial charge is 0.457 e. The highest BCUT2D eigenvalue weighted by atomic mass is 16.5. The van der Waals surface area contributed by atoms with Gasteiger partial charge in [-0.15, -0.1) is 0 Å². The van der Waals surface area contributed by atoms with Crippen LogP contribution in [0.25, 0.3) is 0 Å². The lowest BCUT2D eigenvalue weighted by molar-refractivity contribution is -0.117. The van der Waals surface area contributed by atoms with E-state index in [4.69, 9.17) is 16.2 Å². The average Bonchev–Trinajstić information content (AvgIpc) is 2.43. The average molecular weight is 266 g/mol. The number of ether oxygens (including phenoxy) is 1. The molecule has 1 amide bonds. The van der Waals surface area contributed by atoms with Gasteiger partial charge in [0.25, 0.3) is 0 Å². The van der Waals surface area contributed by atoms with Gasteiger partial charge in [0.05, 0.1) is 6.42 Å². The minimum Gasteiger partial charge on any atom is -0.457 e. The number of carbonyl (C=O) groups is 1. The molecule has 0 radical (unpaired) electrons. The molecule has 0 saturated heterocycles. The van der Waals surface area contributed by atoms with Crippen LogP contribution in [0.1, 0.15) is 12.0 Å². The van der Waals surface area contributed by atoms with Crippen molar-refractivity contribution in [2.75, 3.05) is 5.73 Å². The van der Waals surface area contributed by atoms with E-state index in [1.54, 1.807) is 24.3 Å². The van der Waals surface area contributed by atoms with Crippen LogP contribution in [0.2, 0.25) is 0 Å². The molecule has 4 nitrogen and oxygen atoms in total. The second kappa shape index (κ2) is 6.30. The van der Waals surface area contributed by atoms with Crippen LogP contribution in [0, 0.1) is 11.8 Å². The number of carbonyl (C=O) groups excluding carboxylic acids is 1. The van der Waals surface area contributed by atoms with E-state index in [1.807, 2.05) is 24.3 Å². The first-order valence-electron chi connectivity index (χ1n) is 6.04. The molecule has 100 valence electrons. The van der Waals surface area contributed by atoms with Gasteiger partial charge in [0.15, 0.2) is 0 Å². The molecular weight excluding hydrogens is 252 g/mol. The molecule has 0 fully saturated rings. The number of primary amides is 1. The Morgan fingerprint density at radius 1 is 1.00 bits per heavy atom. The molecule has 0 atom stereocenters. The molecule has 0 saturated carbocycles. The number of nitrogens with two attached hydrogens (primary N) is 2. The van der Waals surface area contributed by atoms with Gasteiger partial charge in [-0.1, -0.05) is 11.8 Å². The molecule has 0 aliphatic rings. The van der Waals surface area contributed by atoms with Gasteiger partial charge in [-0.2, -0.15) is 0 Å². The summed E-state index contributed by atoms with van der Waals surface area (Å²) in [5, 5.41) is 0. The van der Waals surface area contributed by atoms with E-state index in [9.17, 15) is 4.79 Å². The number of rotatable bonds is 3. The molecule has 0 unspecified atom stereocenters. The number of anilines is 1. The molecule has 4 N–H and O–H groups in total. The molecule has 0 spiro atoms. The smallest absolute Gasteiger partial charge is 0.229 e. The highest BCUT2D eigenvalue weighted by Crippen LogP contribution is 2.22. The second-order valence-corrected chi connectivity index (χ2v) is 4.14. The lowest BCUT2D eigenvalue weighted by Crippen LogP contribution is -2.08. The fourth-order valence-corrected chi connectivity index (χ4v) is 1.51. The van der Waals surface area contributed by atoms with Gasteiger partial charge in [-0.25, -0.2) is 0 Å². The monoisotopic (exact) mass is 266 g/mol. The summed E-state index contributed by atoms with van der Waals surface area (Å²) < 4.78 is 5.65. The Hall–Kier alpha value is -2.93. The molecule has 2 rings (SSSR count). The number of benzene rings is 2. The van der Waals surface area contributed by atoms with E-state index >= 15 is 0 Å². The van der Waals surface area contributed by atoms with Crippen LogP contribution in [0.3, 0.4) is 0 Å². The molecule has 4 heteroatoms. The summed E-state index contributed by atoms with van der Waals surface area (Å²) in [6.45, 7) is 0. The highest BCUT2D eigenvalue weighted by Gasteiger charge is 1.97. The van der Waals surface area contributed by atoms with Gasteiger partial charge in [0.1, 0.15) is 11.5 Å². The van der Waals surface area contributed by atoms with Crippen LogP contribution >= 0.6 is 0 Å². The van der Waals surface area contributed by atoms with Gasteiger partial charge >= 0.3 is 0 Å². The fourth-order valence-electron chi connectivity index (χ4n) is 1.51. The molecule has 0 aliphatic heterocycles. The Balaban J connectivity index is 2.02. The summed E-state index contributed by atoms with van der Waals surface area (Å²) in [7, 11) is 0. The number of amides is 1. The van der Waals surface area contributed by atoms with Crippen molar-refractivity contribution in [2.24, 2.45) is 5.73 Å². The third-order valence-corrected chi connectivity index (χ3v) is 2.47. The van der Waals surface area contributed by atoms with Crippen molar-refractivity contribution in [1.29, 1.82) is 0 Å². The van der Waals surface area contributed by atoms with Crippen LogP contribution in [-0.2, 0) is 4.79 Å². The maximum Gasteiger partial charge on any atom is 0.229 e. The third kappa shape index (κ3) is 4.07. The fraction of sp³-hybridized carbons (Fsp3) is 0.0625. The van der Waals surface area contributed by atoms with Crippen molar-refractivity contribution in [3.05, 3.63) is 54.1 Å². The van der Waals surface area contributed by atoms with Crippen LogP contribution in [-0.4, -0.2) is 5.91 Å². The molecule has 0 aromatic heterocycles. The number of hydrogen-bond donors (Lipinski definition) is 2. The summed E-state index contributed by atoms with van der Waals surface area (Å²) in [6, 6.07) is 14.4. The molecule has 20 heavy (non-hydrogen) atoms. The van der Waals surface area contributed by atoms with Gasteiger partial charge in [-0.05, 0) is 48.5 Å². The predicted molar refractivity (Wildman–Crippen MR) is 78.1 cm³/mol. The molecule has 2 aromatic rings. The van der Waals surface area contributed by atoms with Crippen molar-refractivity contribution in [2.45, 2.75) is 6.42 Å². The quantitative estimate of drug-likeness (QED) is 0.661. The Morgan fingerprint density at radius 3 is 2.10 bits per heavy atom. The molecule has 2 aromatic carbocycles. The first-order valence-corrected chi connectivity index (χ1v) is 6.04. The van der Waals surface area contributed by atoms with Gasteiger partial charge in [0, 0.05) is 11.3 Å². The van der Waals surface area contributed by atoms with Crippen molar-refractivity contribution < 1.29 is 9.53 Å². The molecular formula is C16H14N2O2.